The van der Waals surface area contributed by atoms with Gasteiger partial charge in [-0.05, 0) is 36.6 Å². The van der Waals surface area contributed by atoms with Crippen LogP contribution in [-0.4, -0.2) is 17.7 Å². The van der Waals surface area contributed by atoms with Crippen molar-refractivity contribution in [1.82, 2.24) is 0 Å². The smallest absolute Gasteiger partial charge is 0.341 e. The summed E-state index contributed by atoms with van der Waals surface area (Å²) in [7, 11) is 0. The largest absolute Gasteiger partial charge is 0.507 e. The third kappa shape index (κ3) is 5.48. The summed E-state index contributed by atoms with van der Waals surface area (Å²) in [6.07, 6.45) is 2.89. The molecule has 2 rings (SSSR count). The van der Waals surface area contributed by atoms with E-state index in [1.807, 2.05) is 0 Å². The Balaban J connectivity index is 1.92. The molecule has 130 valence electrons. The van der Waals surface area contributed by atoms with Crippen LogP contribution in [0.3, 0.4) is 0 Å². The Hall–Kier alpha value is -1.08. The lowest BCUT2D eigenvalue weighted by Crippen LogP contribution is -2.06. The SMILES string of the molecule is CCCCCOC(=O)c1ccc(NSc2cc(Cl)c(Cl)s2)cc1O. The summed E-state index contributed by atoms with van der Waals surface area (Å²) in [5, 5.41) is 10.5. The van der Waals surface area contributed by atoms with Crippen molar-refractivity contribution in [3.63, 3.8) is 0 Å². The minimum absolute atomic E-state index is 0.122. The van der Waals surface area contributed by atoms with Crippen LogP contribution >= 0.6 is 46.5 Å². The number of benzene rings is 1. The van der Waals surface area contributed by atoms with E-state index in [1.165, 1.54) is 35.4 Å². The summed E-state index contributed by atoms with van der Waals surface area (Å²) in [5.74, 6) is -0.636. The third-order valence-electron chi connectivity index (χ3n) is 3.09. The highest BCUT2D eigenvalue weighted by Gasteiger charge is 2.13. The number of aromatic hydroxyl groups is 1. The van der Waals surface area contributed by atoms with Crippen molar-refractivity contribution < 1.29 is 14.6 Å². The van der Waals surface area contributed by atoms with Crippen LogP contribution in [-0.2, 0) is 4.74 Å². The van der Waals surface area contributed by atoms with Gasteiger partial charge < -0.3 is 14.6 Å². The van der Waals surface area contributed by atoms with Crippen LogP contribution in [0.2, 0.25) is 9.36 Å². The Kier molecular flexibility index (Phi) is 7.55. The molecule has 0 unspecified atom stereocenters. The van der Waals surface area contributed by atoms with Gasteiger partial charge in [0.05, 0.1) is 15.8 Å². The molecule has 0 radical (unpaired) electrons. The number of carbonyl (C=O) groups is 1. The van der Waals surface area contributed by atoms with Crippen LogP contribution in [0.5, 0.6) is 5.75 Å². The highest BCUT2D eigenvalue weighted by molar-refractivity contribution is 8.02. The second-order valence-electron chi connectivity index (χ2n) is 4.97. The zero-order valence-electron chi connectivity index (χ0n) is 13.0. The molecule has 1 aromatic carbocycles. The molecular weight excluding hydrogens is 389 g/mol. The molecule has 0 aliphatic heterocycles. The summed E-state index contributed by atoms with van der Waals surface area (Å²) >= 11 is 14.5. The Bertz CT molecular complexity index is 687. The van der Waals surface area contributed by atoms with Gasteiger partial charge in [-0.25, -0.2) is 4.79 Å². The number of ether oxygens (including phenoxy) is 1. The maximum absolute atomic E-state index is 11.9. The van der Waals surface area contributed by atoms with E-state index in [4.69, 9.17) is 27.9 Å². The van der Waals surface area contributed by atoms with Gasteiger partial charge in [0.25, 0.3) is 0 Å². The molecule has 0 bridgehead atoms. The molecule has 1 aromatic heterocycles. The Morgan fingerprint density at radius 2 is 2.12 bits per heavy atom. The first-order valence-electron chi connectivity index (χ1n) is 7.39. The number of unbranched alkanes of at least 4 members (excludes halogenated alkanes) is 2. The van der Waals surface area contributed by atoms with Crippen molar-refractivity contribution >= 4 is 58.1 Å². The van der Waals surface area contributed by atoms with E-state index in [0.717, 1.165) is 23.5 Å². The molecule has 24 heavy (non-hydrogen) atoms. The summed E-state index contributed by atoms with van der Waals surface area (Å²) in [4.78, 5) is 11.9. The molecule has 2 aromatic rings. The summed E-state index contributed by atoms with van der Waals surface area (Å²) in [5.41, 5.74) is 0.810. The third-order valence-corrected chi connectivity index (χ3v) is 5.91. The van der Waals surface area contributed by atoms with Crippen molar-refractivity contribution in [2.75, 3.05) is 11.3 Å². The van der Waals surface area contributed by atoms with E-state index < -0.39 is 5.97 Å². The predicted molar refractivity (Wildman–Crippen MR) is 102 cm³/mol. The lowest BCUT2D eigenvalue weighted by molar-refractivity contribution is 0.0495. The van der Waals surface area contributed by atoms with E-state index in [9.17, 15) is 9.90 Å². The highest BCUT2D eigenvalue weighted by Crippen LogP contribution is 2.37. The zero-order valence-corrected chi connectivity index (χ0v) is 16.1. The number of carbonyl (C=O) groups excluding carboxylic acids is 1. The van der Waals surface area contributed by atoms with E-state index >= 15 is 0 Å². The highest BCUT2D eigenvalue weighted by atomic mass is 35.5. The number of phenols is 1. The average molecular weight is 406 g/mol. The topological polar surface area (TPSA) is 58.6 Å². The molecule has 0 fully saturated rings. The van der Waals surface area contributed by atoms with Gasteiger partial charge in [-0.3, -0.25) is 0 Å². The van der Waals surface area contributed by atoms with E-state index in [2.05, 4.69) is 11.6 Å². The van der Waals surface area contributed by atoms with Crippen molar-refractivity contribution in [1.29, 1.82) is 0 Å². The lowest BCUT2D eigenvalue weighted by Gasteiger charge is -2.08. The van der Waals surface area contributed by atoms with E-state index in [1.54, 1.807) is 12.1 Å². The number of hydrogen-bond acceptors (Lipinski definition) is 6. The number of phenolic OH excluding ortho intramolecular Hbond substituents is 1. The maximum Gasteiger partial charge on any atom is 0.341 e. The standard InChI is InChI=1S/C16H17Cl2NO3S2/c1-2-3-4-7-22-16(21)11-6-5-10(8-13(11)20)19-24-14-9-12(17)15(18)23-14/h5-6,8-9,19-20H,2-4,7H2,1H3. The summed E-state index contributed by atoms with van der Waals surface area (Å²) in [6.45, 7) is 2.44. The van der Waals surface area contributed by atoms with Crippen LogP contribution in [0.4, 0.5) is 5.69 Å². The van der Waals surface area contributed by atoms with Gasteiger partial charge in [0.1, 0.15) is 15.6 Å². The summed E-state index contributed by atoms with van der Waals surface area (Å²) < 4.78 is 9.63. The van der Waals surface area contributed by atoms with E-state index in [-0.39, 0.29) is 11.3 Å². The van der Waals surface area contributed by atoms with Crippen molar-refractivity contribution in [3.8, 4) is 5.75 Å². The molecule has 0 aliphatic carbocycles. The molecule has 2 N–H and O–H groups in total. The molecule has 0 saturated carbocycles. The first-order valence-corrected chi connectivity index (χ1v) is 9.78. The molecule has 0 saturated heterocycles. The number of rotatable bonds is 8. The van der Waals surface area contributed by atoms with Crippen LogP contribution in [0, 0.1) is 0 Å². The van der Waals surface area contributed by atoms with Crippen molar-refractivity contribution in [3.05, 3.63) is 39.2 Å². The first kappa shape index (κ1) is 19.2. The minimum Gasteiger partial charge on any atom is -0.507 e. The number of hydrogen-bond donors (Lipinski definition) is 2. The normalized spacial score (nSPS) is 10.6. The second kappa shape index (κ2) is 9.42. The molecule has 8 heteroatoms. The number of esters is 1. The predicted octanol–water partition coefficient (Wildman–Crippen LogP) is 6.23. The molecule has 1 heterocycles. The minimum atomic E-state index is -0.514. The second-order valence-corrected chi connectivity index (χ2v) is 8.13. The molecule has 0 spiro atoms. The quantitative estimate of drug-likeness (QED) is 0.309. The number of halogens is 2. The zero-order chi connectivity index (χ0) is 17.5. The fourth-order valence-corrected chi connectivity index (χ4v) is 4.22. The van der Waals surface area contributed by atoms with Gasteiger partial charge in [-0.15, -0.1) is 11.3 Å². The Labute approximate surface area is 159 Å². The van der Waals surface area contributed by atoms with Gasteiger partial charge in [0.2, 0.25) is 0 Å². The molecule has 4 nitrogen and oxygen atoms in total. The van der Waals surface area contributed by atoms with E-state index in [0.29, 0.717) is 21.7 Å². The molecule has 0 aliphatic rings. The van der Waals surface area contributed by atoms with Gasteiger partial charge in [-0.1, -0.05) is 43.0 Å². The van der Waals surface area contributed by atoms with Gasteiger partial charge >= 0.3 is 5.97 Å². The molecular formula is C16H17Cl2NO3S2. The number of anilines is 1. The molecule has 0 atom stereocenters. The summed E-state index contributed by atoms with van der Waals surface area (Å²) in [6, 6.07) is 6.47. The van der Waals surface area contributed by atoms with Gasteiger partial charge in [0.15, 0.2) is 0 Å². The van der Waals surface area contributed by atoms with Crippen LogP contribution in [0.25, 0.3) is 0 Å². The number of nitrogens with one attached hydrogen (secondary N) is 1. The molecule has 0 amide bonds. The number of thiophene rings is 1. The van der Waals surface area contributed by atoms with Crippen molar-refractivity contribution in [2.24, 2.45) is 0 Å². The van der Waals surface area contributed by atoms with Crippen LogP contribution in [0.1, 0.15) is 36.5 Å². The Morgan fingerprint density at radius 1 is 1.33 bits per heavy atom. The monoisotopic (exact) mass is 405 g/mol. The fourth-order valence-electron chi connectivity index (χ4n) is 1.85. The van der Waals surface area contributed by atoms with Crippen LogP contribution < -0.4 is 4.72 Å². The fraction of sp³-hybridized carbons (Fsp3) is 0.312. The maximum atomic E-state index is 11.9. The van der Waals surface area contributed by atoms with Gasteiger partial charge in [0, 0.05) is 11.8 Å². The van der Waals surface area contributed by atoms with Gasteiger partial charge in [-0.2, -0.15) is 0 Å². The lowest BCUT2D eigenvalue weighted by atomic mass is 10.2. The van der Waals surface area contributed by atoms with Crippen LogP contribution in [0.15, 0.2) is 28.5 Å². The Morgan fingerprint density at radius 3 is 2.75 bits per heavy atom. The first-order chi connectivity index (χ1) is 11.5. The van der Waals surface area contributed by atoms with Crippen molar-refractivity contribution in [2.45, 2.75) is 30.4 Å². The average Bonchev–Trinajstić information content (AvgIpc) is 2.88.